The molecule has 0 spiro atoms. The number of carboxylic acid groups (broad SMARTS) is 1. The van der Waals surface area contributed by atoms with Gasteiger partial charge in [-0.2, -0.15) is 0 Å². The molecule has 4 rings (SSSR count). The first-order chi connectivity index (χ1) is 12.0. The van der Waals surface area contributed by atoms with Gasteiger partial charge < -0.3 is 24.6 Å². The molecule has 0 fully saturated rings. The Morgan fingerprint density at radius 1 is 1.48 bits per heavy atom. The van der Waals surface area contributed by atoms with Gasteiger partial charge in [-0.15, -0.1) is 0 Å². The topological polar surface area (TPSA) is 79.2 Å². The van der Waals surface area contributed by atoms with Gasteiger partial charge in [-0.25, -0.2) is 4.79 Å². The number of halogens is 1. The van der Waals surface area contributed by atoms with Gasteiger partial charge in [0.15, 0.2) is 11.5 Å². The van der Waals surface area contributed by atoms with E-state index < -0.39 is 18.3 Å². The van der Waals surface area contributed by atoms with Crippen molar-refractivity contribution < 1.29 is 24.5 Å². The third-order valence-electron chi connectivity index (χ3n) is 5.63. The first-order valence-corrected chi connectivity index (χ1v) is 9.19. The number of aliphatic hydroxyl groups excluding tert-OH is 1. The molecule has 7 heteroatoms. The Balaban J connectivity index is 1.90. The van der Waals surface area contributed by atoms with Crippen LogP contribution in [0.3, 0.4) is 0 Å². The lowest BCUT2D eigenvalue weighted by Gasteiger charge is -2.44. The lowest BCUT2D eigenvalue weighted by molar-refractivity contribution is 0.0299. The van der Waals surface area contributed by atoms with Gasteiger partial charge in [-0.05, 0) is 25.0 Å². The molecule has 5 atom stereocenters. The van der Waals surface area contributed by atoms with Gasteiger partial charge in [0.1, 0.15) is 12.2 Å². The number of amides is 1. The van der Waals surface area contributed by atoms with Crippen LogP contribution in [0.25, 0.3) is 0 Å². The zero-order valence-corrected chi connectivity index (χ0v) is 15.6. The molecule has 0 radical (unpaired) electrons. The minimum absolute atomic E-state index is 0.0304. The van der Waals surface area contributed by atoms with E-state index in [1.165, 1.54) is 4.90 Å². The maximum absolute atomic E-state index is 11.8. The fraction of sp³-hybridized carbons (Fsp3) is 0.500. The van der Waals surface area contributed by atoms with Crippen molar-refractivity contribution in [3.8, 4) is 11.5 Å². The van der Waals surface area contributed by atoms with Crippen LogP contribution >= 0.6 is 15.9 Å². The number of aliphatic hydroxyl groups is 1. The summed E-state index contributed by atoms with van der Waals surface area (Å²) in [5.41, 5.74) is 2.09. The van der Waals surface area contributed by atoms with Crippen molar-refractivity contribution in [2.45, 2.75) is 37.5 Å². The van der Waals surface area contributed by atoms with Gasteiger partial charge in [0.2, 0.25) is 0 Å². The number of benzene rings is 1. The maximum atomic E-state index is 11.8. The zero-order chi connectivity index (χ0) is 17.9. The summed E-state index contributed by atoms with van der Waals surface area (Å²) in [6, 6.07) is 1.67. The Labute approximate surface area is 154 Å². The molecule has 25 heavy (non-hydrogen) atoms. The molecular formula is C18H20BrNO5. The third kappa shape index (κ3) is 2.29. The number of ether oxygens (including phenoxy) is 2. The monoisotopic (exact) mass is 409 g/mol. The highest BCUT2D eigenvalue weighted by Crippen LogP contribution is 2.57. The first kappa shape index (κ1) is 16.7. The molecule has 6 nitrogen and oxygen atoms in total. The average molecular weight is 410 g/mol. The second-order valence-corrected chi connectivity index (χ2v) is 7.54. The molecule has 0 aromatic heterocycles. The van der Waals surface area contributed by atoms with Crippen molar-refractivity contribution in [3.05, 3.63) is 33.8 Å². The second-order valence-electron chi connectivity index (χ2n) is 6.68. The van der Waals surface area contributed by atoms with Crippen LogP contribution in [0, 0.1) is 5.92 Å². The van der Waals surface area contributed by atoms with Crippen LogP contribution in [0.2, 0.25) is 0 Å². The molecule has 1 heterocycles. The first-order valence-electron chi connectivity index (χ1n) is 8.39. The minimum Gasteiger partial charge on any atom is -0.493 e. The third-order valence-corrected chi connectivity index (χ3v) is 6.33. The van der Waals surface area contributed by atoms with E-state index in [0.717, 1.165) is 15.6 Å². The Morgan fingerprint density at radius 2 is 2.24 bits per heavy atom. The Bertz CT molecular complexity index is 764. The van der Waals surface area contributed by atoms with Crippen LogP contribution < -0.4 is 9.47 Å². The lowest BCUT2D eigenvalue weighted by atomic mass is 9.67. The van der Waals surface area contributed by atoms with Crippen molar-refractivity contribution >= 4 is 22.0 Å². The molecular weight excluding hydrogens is 390 g/mol. The van der Waals surface area contributed by atoms with Gasteiger partial charge in [0.05, 0.1) is 7.11 Å². The highest BCUT2D eigenvalue weighted by molar-refractivity contribution is 9.10. The van der Waals surface area contributed by atoms with Gasteiger partial charge in [0.25, 0.3) is 0 Å². The molecule has 0 saturated heterocycles. The largest absolute Gasteiger partial charge is 0.493 e. The van der Waals surface area contributed by atoms with Crippen LogP contribution in [-0.2, 0) is 6.42 Å². The Kier molecular flexibility index (Phi) is 3.96. The number of hydrogen-bond donors (Lipinski definition) is 2. The van der Waals surface area contributed by atoms with Gasteiger partial charge in [-0.1, -0.05) is 28.1 Å². The molecule has 1 aromatic carbocycles. The number of carbonyl (C=O) groups is 1. The number of likely N-dealkylation sites (N-methyl/N-ethyl adjacent to an activating group) is 1. The van der Waals surface area contributed by atoms with E-state index in [2.05, 4.69) is 15.9 Å². The van der Waals surface area contributed by atoms with Crippen molar-refractivity contribution in [1.29, 1.82) is 0 Å². The summed E-state index contributed by atoms with van der Waals surface area (Å²) in [5, 5.41) is 20.0. The molecule has 1 aliphatic heterocycles. The van der Waals surface area contributed by atoms with E-state index in [4.69, 9.17) is 9.47 Å². The Morgan fingerprint density at radius 3 is 2.88 bits per heavy atom. The molecule has 3 aliphatic rings. The van der Waals surface area contributed by atoms with E-state index in [9.17, 15) is 15.0 Å². The molecule has 1 unspecified atom stereocenters. The molecule has 1 aromatic rings. The highest BCUT2D eigenvalue weighted by Gasteiger charge is 2.53. The quantitative estimate of drug-likeness (QED) is 0.750. The van der Waals surface area contributed by atoms with Crippen molar-refractivity contribution in [2.24, 2.45) is 5.92 Å². The summed E-state index contributed by atoms with van der Waals surface area (Å²) in [7, 11) is 1.59. The highest BCUT2D eigenvalue weighted by atomic mass is 79.9. The summed E-state index contributed by atoms with van der Waals surface area (Å²) in [6.45, 7) is 2.27. The van der Waals surface area contributed by atoms with Gasteiger partial charge in [-0.3, -0.25) is 0 Å². The normalized spacial score (nSPS) is 31.3. The molecule has 134 valence electrons. The van der Waals surface area contributed by atoms with E-state index in [-0.39, 0.29) is 17.9 Å². The molecule has 2 aliphatic carbocycles. The predicted octanol–water partition coefficient (Wildman–Crippen LogP) is 2.77. The van der Waals surface area contributed by atoms with E-state index in [1.807, 2.05) is 19.1 Å². The van der Waals surface area contributed by atoms with E-state index in [0.29, 0.717) is 24.5 Å². The minimum atomic E-state index is -0.921. The SMILES string of the molecule is CCN(C(=O)O)[C@@H]1Cc2c(Br)cc(OC)c3c2C2[C@H]1C=C[C@H](O)[C@@H]2O3. The fourth-order valence-corrected chi connectivity index (χ4v) is 5.16. The molecule has 0 bridgehead atoms. The van der Waals surface area contributed by atoms with Gasteiger partial charge >= 0.3 is 6.09 Å². The second kappa shape index (κ2) is 5.92. The van der Waals surface area contributed by atoms with E-state index in [1.54, 1.807) is 13.2 Å². The summed E-state index contributed by atoms with van der Waals surface area (Å²) in [6.07, 6.45) is 2.23. The molecule has 0 saturated carbocycles. The van der Waals surface area contributed by atoms with E-state index >= 15 is 0 Å². The van der Waals surface area contributed by atoms with Crippen LogP contribution in [0.15, 0.2) is 22.7 Å². The van der Waals surface area contributed by atoms with Crippen molar-refractivity contribution in [2.75, 3.05) is 13.7 Å². The average Bonchev–Trinajstić information content (AvgIpc) is 2.99. The van der Waals surface area contributed by atoms with Crippen LogP contribution in [0.1, 0.15) is 24.0 Å². The standard InChI is InChI=1S/C18H20BrNO5/c1-3-20(18(22)23)11-6-9-10(19)7-13(24-2)17-15(9)14-8(11)4-5-12(21)16(14)25-17/h4-5,7-8,11-12,14,16,21H,3,6H2,1-2H3,(H,22,23)/t8-,11+,12-,14?,16-/m0/s1. The van der Waals surface area contributed by atoms with Crippen molar-refractivity contribution in [3.63, 3.8) is 0 Å². The smallest absolute Gasteiger partial charge is 0.407 e. The molecule has 2 N–H and O–H groups in total. The zero-order valence-electron chi connectivity index (χ0n) is 14.0. The number of rotatable bonds is 3. The summed E-state index contributed by atoms with van der Waals surface area (Å²) >= 11 is 3.61. The van der Waals surface area contributed by atoms with Crippen LogP contribution in [-0.4, -0.2) is 53.1 Å². The number of methoxy groups -OCH3 is 1. The van der Waals surface area contributed by atoms with Gasteiger partial charge in [0, 0.05) is 34.5 Å². The number of hydrogen-bond acceptors (Lipinski definition) is 4. The van der Waals surface area contributed by atoms with Crippen LogP contribution in [0.5, 0.6) is 11.5 Å². The van der Waals surface area contributed by atoms with Crippen LogP contribution in [0.4, 0.5) is 4.79 Å². The lowest BCUT2D eigenvalue weighted by Crippen LogP contribution is -2.52. The maximum Gasteiger partial charge on any atom is 0.407 e. The summed E-state index contributed by atoms with van der Waals surface area (Å²) in [4.78, 5) is 13.2. The fourth-order valence-electron chi connectivity index (χ4n) is 4.58. The predicted molar refractivity (Wildman–Crippen MR) is 94.4 cm³/mol. The number of nitrogens with zero attached hydrogens (tertiary/aromatic N) is 1. The molecule has 1 amide bonds. The summed E-state index contributed by atoms with van der Waals surface area (Å²) < 4.78 is 12.5. The Hall–Kier alpha value is -1.73. The summed E-state index contributed by atoms with van der Waals surface area (Å²) in [5.74, 6) is 1.20. The van der Waals surface area contributed by atoms with Crippen molar-refractivity contribution in [1.82, 2.24) is 4.90 Å².